The summed E-state index contributed by atoms with van der Waals surface area (Å²) >= 11 is 0. The van der Waals surface area contributed by atoms with Crippen LogP contribution in [0.1, 0.15) is 19.5 Å². The summed E-state index contributed by atoms with van der Waals surface area (Å²) in [4.78, 5) is 11.1. The third-order valence-corrected chi connectivity index (χ3v) is 2.70. The number of morpholine rings is 1. The fraction of sp³-hybridized carbons (Fsp3) is 0.667. The Hall–Kier alpha value is -1.20. The lowest BCUT2D eigenvalue weighted by atomic mass is 10.3. The van der Waals surface area contributed by atoms with Gasteiger partial charge in [-0.25, -0.2) is 4.98 Å². The van der Waals surface area contributed by atoms with E-state index in [9.17, 15) is 0 Å². The van der Waals surface area contributed by atoms with E-state index in [1.54, 1.807) is 0 Å². The normalized spacial score (nSPS) is 16.5. The predicted molar refractivity (Wildman–Crippen MR) is 67.0 cm³/mol. The van der Waals surface area contributed by atoms with E-state index in [1.165, 1.54) is 0 Å². The second kappa shape index (κ2) is 5.93. The number of nitrogens with one attached hydrogen (secondary N) is 1. The highest BCUT2D eigenvalue weighted by Crippen LogP contribution is 2.11. The molecule has 0 aliphatic carbocycles. The molecule has 0 aromatic carbocycles. The van der Waals surface area contributed by atoms with Crippen molar-refractivity contribution in [2.24, 2.45) is 0 Å². The van der Waals surface area contributed by atoms with Crippen LogP contribution in [-0.2, 0) is 11.3 Å². The van der Waals surface area contributed by atoms with E-state index in [-0.39, 0.29) is 0 Å². The van der Waals surface area contributed by atoms with Gasteiger partial charge in [-0.2, -0.15) is 0 Å². The van der Waals surface area contributed by atoms with Gasteiger partial charge in [-0.3, -0.25) is 4.98 Å². The predicted octanol–water partition coefficient (Wildman–Crippen LogP) is 0.811. The fourth-order valence-electron chi connectivity index (χ4n) is 1.73. The smallest absolute Gasteiger partial charge is 0.147 e. The van der Waals surface area contributed by atoms with Crippen LogP contribution in [-0.4, -0.2) is 42.3 Å². The topological polar surface area (TPSA) is 50.3 Å². The monoisotopic (exact) mass is 236 g/mol. The van der Waals surface area contributed by atoms with Gasteiger partial charge in [0.1, 0.15) is 5.82 Å². The molecule has 0 spiro atoms. The van der Waals surface area contributed by atoms with E-state index in [4.69, 9.17) is 4.74 Å². The Morgan fingerprint density at radius 2 is 2.12 bits per heavy atom. The number of anilines is 1. The summed E-state index contributed by atoms with van der Waals surface area (Å²) in [6.45, 7) is 8.36. The van der Waals surface area contributed by atoms with Crippen LogP contribution >= 0.6 is 0 Å². The van der Waals surface area contributed by atoms with Crippen molar-refractivity contribution in [1.29, 1.82) is 0 Å². The molecule has 0 unspecified atom stereocenters. The van der Waals surface area contributed by atoms with E-state index >= 15 is 0 Å². The molecule has 17 heavy (non-hydrogen) atoms. The van der Waals surface area contributed by atoms with Crippen LogP contribution < -0.4 is 10.2 Å². The van der Waals surface area contributed by atoms with Gasteiger partial charge in [0.15, 0.2) is 0 Å². The molecule has 1 aromatic rings. The molecule has 1 N–H and O–H groups in total. The Morgan fingerprint density at radius 3 is 2.82 bits per heavy atom. The number of nitrogens with zero attached hydrogens (tertiary/aromatic N) is 3. The van der Waals surface area contributed by atoms with Crippen LogP contribution in [0.2, 0.25) is 0 Å². The van der Waals surface area contributed by atoms with Crippen molar-refractivity contribution in [2.75, 3.05) is 31.2 Å². The van der Waals surface area contributed by atoms with Gasteiger partial charge in [0, 0.05) is 31.9 Å². The summed E-state index contributed by atoms with van der Waals surface area (Å²) in [6.07, 6.45) is 3.64. The first-order valence-electron chi connectivity index (χ1n) is 6.12. The van der Waals surface area contributed by atoms with E-state index in [0.29, 0.717) is 6.04 Å². The van der Waals surface area contributed by atoms with Crippen molar-refractivity contribution in [3.8, 4) is 0 Å². The van der Waals surface area contributed by atoms with Crippen LogP contribution in [0.15, 0.2) is 12.4 Å². The SMILES string of the molecule is CC(C)NCc1cncc(N2CCOCC2)n1. The first-order valence-corrected chi connectivity index (χ1v) is 6.12. The molecule has 2 heterocycles. The van der Waals surface area contributed by atoms with Crippen molar-refractivity contribution in [2.45, 2.75) is 26.4 Å². The van der Waals surface area contributed by atoms with Gasteiger partial charge in [-0.05, 0) is 0 Å². The van der Waals surface area contributed by atoms with Crippen LogP contribution in [0.3, 0.4) is 0 Å². The number of hydrogen-bond donors (Lipinski definition) is 1. The Kier molecular flexibility index (Phi) is 4.28. The molecule has 0 atom stereocenters. The lowest BCUT2D eigenvalue weighted by Crippen LogP contribution is -2.37. The maximum Gasteiger partial charge on any atom is 0.147 e. The van der Waals surface area contributed by atoms with E-state index in [1.807, 2.05) is 12.4 Å². The third kappa shape index (κ3) is 3.64. The summed E-state index contributed by atoms with van der Waals surface area (Å²) in [6, 6.07) is 0.462. The zero-order chi connectivity index (χ0) is 12.1. The number of ether oxygens (including phenoxy) is 1. The van der Waals surface area contributed by atoms with Crippen molar-refractivity contribution < 1.29 is 4.74 Å². The number of aromatic nitrogens is 2. The average molecular weight is 236 g/mol. The molecule has 1 saturated heterocycles. The second-order valence-electron chi connectivity index (χ2n) is 4.50. The Bertz CT molecular complexity index is 350. The molecular weight excluding hydrogens is 216 g/mol. The molecule has 1 fully saturated rings. The van der Waals surface area contributed by atoms with Crippen molar-refractivity contribution in [1.82, 2.24) is 15.3 Å². The highest BCUT2D eigenvalue weighted by atomic mass is 16.5. The Balaban J connectivity index is 2.00. The number of hydrogen-bond acceptors (Lipinski definition) is 5. The van der Waals surface area contributed by atoms with Crippen molar-refractivity contribution in [3.63, 3.8) is 0 Å². The molecule has 2 rings (SSSR count). The van der Waals surface area contributed by atoms with Gasteiger partial charge >= 0.3 is 0 Å². The van der Waals surface area contributed by atoms with Crippen LogP contribution in [0, 0.1) is 0 Å². The maximum atomic E-state index is 5.33. The Morgan fingerprint density at radius 1 is 1.35 bits per heavy atom. The summed E-state index contributed by atoms with van der Waals surface area (Å²) in [5, 5.41) is 3.35. The minimum absolute atomic E-state index is 0.462. The van der Waals surface area contributed by atoms with Crippen molar-refractivity contribution >= 4 is 5.82 Å². The minimum atomic E-state index is 0.462. The van der Waals surface area contributed by atoms with Crippen LogP contribution in [0.5, 0.6) is 0 Å². The fourth-order valence-corrected chi connectivity index (χ4v) is 1.73. The van der Waals surface area contributed by atoms with Gasteiger partial charge in [-0.1, -0.05) is 13.8 Å². The van der Waals surface area contributed by atoms with E-state index < -0.39 is 0 Å². The van der Waals surface area contributed by atoms with Gasteiger partial charge in [0.2, 0.25) is 0 Å². The lowest BCUT2D eigenvalue weighted by molar-refractivity contribution is 0.122. The molecule has 5 heteroatoms. The third-order valence-electron chi connectivity index (χ3n) is 2.70. The van der Waals surface area contributed by atoms with Crippen LogP contribution in [0.25, 0.3) is 0 Å². The standard InChI is InChI=1S/C12H20N4O/c1-10(2)14-8-11-7-13-9-12(15-11)16-3-5-17-6-4-16/h7,9-10,14H,3-6,8H2,1-2H3. The summed E-state index contributed by atoms with van der Waals surface area (Å²) in [7, 11) is 0. The summed E-state index contributed by atoms with van der Waals surface area (Å²) in [5.74, 6) is 0.955. The van der Waals surface area contributed by atoms with E-state index in [2.05, 4.69) is 34.0 Å². The molecule has 0 bridgehead atoms. The van der Waals surface area contributed by atoms with Gasteiger partial charge in [0.05, 0.1) is 25.1 Å². The zero-order valence-electron chi connectivity index (χ0n) is 10.5. The summed E-state index contributed by atoms with van der Waals surface area (Å²) in [5.41, 5.74) is 0.989. The molecular formula is C12H20N4O. The van der Waals surface area contributed by atoms with Gasteiger partial charge in [-0.15, -0.1) is 0 Å². The quantitative estimate of drug-likeness (QED) is 0.838. The highest BCUT2D eigenvalue weighted by Gasteiger charge is 2.12. The molecule has 94 valence electrons. The average Bonchev–Trinajstić information content (AvgIpc) is 2.38. The largest absolute Gasteiger partial charge is 0.378 e. The molecule has 1 aromatic heterocycles. The second-order valence-corrected chi connectivity index (χ2v) is 4.50. The Labute approximate surface area is 102 Å². The molecule has 0 amide bonds. The maximum absolute atomic E-state index is 5.33. The number of rotatable bonds is 4. The lowest BCUT2D eigenvalue weighted by Gasteiger charge is -2.27. The first kappa shape index (κ1) is 12.3. The zero-order valence-corrected chi connectivity index (χ0v) is 10.5. The van der Waals surface area contributed by atoms with Gasteiger partial charge in [0.25, 0.3) is 0 Å². The van der Waals surface area contributed by atoms with Gasteiger partial charge < -0.3 is 15.0 Å². The molecule has 5 nitrogen and oxygen atoms in total. The highest BCUT2D eigenvalue weighted by molar-refractivity contribution is 5.36. The first-order chi connectivity index (χ1) is 8.25. The van der Waals surface area contributed by atoms with E-state index in [0.717, 1.165) is 44.4 Å². The summed E-state index contributed by atoms with van der Waals surface area (Å²) < 4.78 is 5.33. The molecule has 0 saturated carbocycles. The van der Waals surface area contributed by atoms with Crippen LogP contribution in [0.4, 0.5) is 5.82 Å². The molecule has 1 aliphatic heterocycles. The van der Waals surface area contributed by atoms with Crippen molar-refractivity contribution in [3.05, 3.63) is 18.1 Å². The molecule has 1 aliphatic rings. The minimum Gasteiger partial charge on any atom is -0.378 e. The molecule has 0 radical (unpaired) electrons.